The molecule has 0 fully saturated rings. The van der Waals surface area contributed by atoms with Gasteiger partial charge in [-0.1, -0.05) is 35.6 Å². The molecule has 5 rings (SSSR count). The summed E-state index contributed by atoms with van der Waals surface area (Å²) in [5.74, 6) is -0.954. The van der Waals surface area contributed by atoms with E-state index in [1.54, 1.807) is 48.7 Å². The SMILES string of the molecule is O=C(c1cc2ccccc2oc1=O)N(Cc1ccccn1)c1nc2ccc(F)cc2s1. The number of thiazole rings is 1. The number of hydrogen-bond donors (Lipinski definition) is 0. The molecule has 3 aromatic heterocycles. The van der Waals surface area contributed by atoms with Crippen LogP contribution in [0.4, 0.5) is 9.52 Å². The number of carbonyl (C=O) groups excluding carboxylic acids is 1. The van der Waals surface area contributed by atoms with E-state index < -0.39 is 11.5 Å². The topological polar surface area (TPSA) is 76.3 Å². The quantitative estimate of drug-likeness (QED) is 0.383. The van der Waals surface area contributed by atoms with Crippen LogP contribution in [0.25, 0.3) is 21.2 Å². The smallest absolute Gasteiger partial charge is 0.349 e. The molecule has 0 atom stereocenters. The van der Waals surface area contributed by atoms with Gasteiger partial charge in [0, 0.05) is 11.6 Å². The Bertz CT molecular complexity index is 1480. The summed E-state index contributed by atoms with van der Waals surface area (Å²) < 4.78 is 19.6. The van der Waals surface area contributed by atoms with Crippen molar-refractivity contribution in [3.63, 3.8) is 0 Å². The van der Waals surface area contributed by atoms with E-state index in [9.17, 15) is 14.0 Å². The van der Waals surface area contributed by atoms with Gasteiger partial charge < -0.3 is 4.42 Å². The van der Waals surface area contributed by atoms with Crippen molar-refractivity contribution >= 4 is 43.6 Å². The van der Waals surface area contributed by atoms with Crippen LogP contribution in [-0.4, -0.2) is 15.9 Å². The minimum absolute atomic E-state index is 0.0915. The number of hydrogen-bond acceptors (Lipinski definition) is 6. The second-order valence-electron chi connectivity index (χ2n) is 6.81. The van der Waals surface area contributed by atoms with Gasteiger partial charge in [-0.15, -0.1) is 0 Å². The molecule has 0 spiro atoms. The second-order valence-corrected chi connectivity index (χ2v) is 7.82. The zero-order chi connectivity index (χ0) is 21.4. The Kier molecular flexibility index (Phi) is 4.76. The van der Waals surface area contributed by atoms with E-state index in [1.807, 2.05) is 6.07 Å². The van der Waals surface area contributed by atoms with E-state index in [4.69, 9.17) is 4.42 Å². The highest BCUT2D eigenvalue weighted by molar-refractivity contribution is 7.22. The van der Waals surface area contributed by atoms with E-state index in [0.29, 0.717) is 32.0 Å². The molecule has 0 aliphatic heterocycles. The molecule has 0 bridgehead atoms. The van der Waals surface area contributed by atoms with Gasteiger partial charge in [0.2, 0.25) is 0 Å². The van der Waals surface area contributed by atoms with Crippen LogP contribution in [-0.2, 0) is 6.54 Å². The number of nitrogens with zero attached hydrogens (tertiary/aromatic N) is 3. The molecule has 0 aliphatic carbocycles. The van der Waals surface area contributed by atoms with Gasteiger partial charge in [0.25, 0.3) is 5.91 Å². The van der Waals surface area contributed by atoms with E-state index in [1.165, 1.54) is 23.1 Å². The number of anilines is 1. The number of fused-ring (bicyclic) bond motifs is 2. The molecular formula is C23H14FN3O3S. The minimum Gasteiger partial charge on any atom is -0.422 e. The molecule has 8 heteroatoms. The molecule has 0 aliphatic rings. The summed E-state index contributed by atoms with van der Waals surface area (Å²) in [4.78, 5) is 36.2. The third-order valence-corrected chi connectivity index (χ3v) is 5.77. The predicted molar refractivity (Wildman–Crippen MR) is 117 cm³/mol. The predicted octanol–water partition coefficient (Wildman–Crippen LogP) is 4.78. The molecule has 152 valence electrons. The van der Waals surface area contributed by atoms with Crippen molar-refractivity contribution in [2.24, 2.45) is 0 Å². The van der Waals surface area contributed by atoms with Gasteiger partial charge in [-0.05, 0) is 42.5 Å². The highest BCUT2D eigenvalue weighted by Crippen LogP contribution is 2.31. The Labute approximate surface area is 179 Å². The van der Waals surface area contributed by atoms with E-state index in [2.05, 4.69) is 9.97 Å². The van der Waals surface area contributed by atoms with Crippen molar-refractivity contribution in [2.45, 2.75) is 6.54 Å². The molecule has 0 radical (unpaired) electrons. The van der Waals surface area contributed by atoms with Crippen LogP contribution in [0.1, 0.15) is 16.1 Å². The Morgan fingerprint density at radius 3 is 2.74 bits per heavy atom. The van der Waals surface area contributed by atoms with Crippen LogP contribution in [0.15, 0.2) is 82.1 Å². The van der Waals surface area contributed by atoms with E-state index >= 15 is 0 Å². The van der Waals surface area contributed by atoms with Gasteiger partial charge in [-0.2, -0.15) is 0 Å². The number of carbonyl (C=O) groups is 1. The number of para-hydroxylation sites is 1. The average Bonchev–Trinajstić information content (AvgIpc) is 3.20. The molecule has 0 saturated carbocycles. The van der Waals surface area contributed by atoms with Crippen molar-refractivity contribution < 1.29 is 13.6 Å². The molecule has 31 heavy (non-hydrogen) atoms. The molecular weight excluding hydrogens is 417 g/mol. The zero-order valence-corrected chi connectivity index (χ0v) is 16.8. The zero-order valence-electron chi connectivity index (χ0n) is 16.0. The highest BCUT2D eigenvalue weighted by Gasteiger charge is 2.25. The Hall–Kier alpha value is -3.91. The standard InChI is InChI=1S/C23H14FN3O3S/c24-15-8-9-18-20(12-15)31-23(26-18)27(13-16-6-3-4-10-25-16)21(28)17-11-14-5-1-2-7-19(14)30-22(17)29/h1-12H,13H2. The maximum Gasteiger partial charge on any atom is 0.349 e. The second kappa shape index (κ2) is 7.73. The Morgan fingerprint density at radius 1 is 1.06 bits per heavy atom. The fourth-order valence-corrected chi connectivity index (χ4v) is 4.23. The van der Waals surface area contributed by atoms with Gasteiger partial charge in [0.1, 0.15) is 17.0 Å². The third-order valence-electron chi connectivity index (χ3n) is 4.73. The summed E-state index contributed by atoms with van der Waals surface area (Å²) in [6, 6.07) is 18.1. The first kappa shape index (κ1) is 19.1. The molecule has 5 aromatic rings. The molecule has 1 amide bonds. The van der Waals surface area contributed by atoms with Gasteiger partial charge >= 0.3 is 5.63 Å². The average molecular weight is 431 g/mol. The summed E-state index contributed by atoms with van der Waals surface area (Å²) >= 11 is 1.16. The monoisotopic (exact) mass is 431 g/mol. The van der Waals surface area contributed by atoms with Crippen molar-refractivity contribution in [3.05, 3.63) is 100 Å². The number of pyridine rings is 1. The summed E-state index contributed by atoms with van der Waals surface area (Å²) in [5.41, 5.74) is 0.731. The number of halogens is 1. The Balaban J connectivity index is 1.63. The first-order valence-electron chi connectivity index (χ1n) is 9.39. The lowest BCUT2D eigenvalue weighted by molar-refractivity contribution is 0.0981. The molecule has 6 nitrogen and oxygen atoms in total. The summed E-state index contributed by atoms with van der Waals surface area (Å²) in [7, 11) is 0. The van der Waals surface area contributed by atoms with Crippen LogP contribution in [0.2, 0.25) is 0 Å². The number of amides is 1. The molecule has 0 N–H and O–H groups in total. The van der Waals surface area contributed by atoms with Crippen LogP contribution >= 0.6 is 11.3 Å². The third kappa shape index (κ3) is 3.69. The lowest BCUT2D eigenvalue weighted by Gasteiger charge is -2.19. The van der Waals surface area contributed by atoms with Crippen molar-refractivity contribution in [2.75, 3.05) is 4.90 Å². The lowest BCUT2D eigenvalue weighted by atomic mass is 10.1. The molecule has 0 unspecified atom stereocenters. The maximum absolute atomic E-state index is 13.7. The van der Waals surface area contributed by atoms with Crippen molar-refractivity contribution in [3.8, 4) is 0 Å². The fourth-order valence-electron chi connectivity index (χ4n) is 3.24. The van der Waals surface area contributed by atoms with E-state index in [-0.39, 0.29) is 17.9 Å². The summed E-state index contributed by atoms with van der Waals surface area (Å²) in [6.07, 6.45) is 1.62. The van der Waals surface area contributed by atoms with Gasteiger partial charge in [-0.25, -0.2) is 14.2 Å². The largest absolute Gasteiger partial charge is 0.422 e. The molecule has 3 heterocycles. The molecule has 2 aromatic carbocycles. The van der Waals surface area contributed by atoms with Crippen molar-refractivity contribution in [1.82, 2.24) is 9.97 Å². The summed E-state index contributed by atoms with van der Waals surface area (Å²) in [6.45, 7) is 0.0915. The fraction of sp³-hybridized carbons (Fsp3) is 0.0435. The van der Waals surface area contributed by atoms with E-state index in [0.717, 1.165) is 11.3 Å². The summed E-state index contributed by atoms with van der Waals surface area (Å²) in [5, 5.41) is 0.971. The van der Waals surface area contributed by atoms with Gasteiger partial charge in [0.15, 0.2) is 5.13 Å². The lowest BCUT2D eigenvalue weighted by Crippen LogP contribution is -2.33. The van der Waals surface area contributed by atoms with Crippen LogP contribution in [0, 0.1) is 5.82 Å². The van der Waals surface area contributed by atoms with Crippen molar-refractivity contribution in [1.29, 1.82) is 0 Å². The Morgan fingerprint density at radius 2 is 1.90 bits per heavy atom. The number of benzene rings is 2. The number of aromatic nitrogens is 2. The minimum atomic E-state index is -0.734. The number of rotatable bonds is 4. The van der Waals surface area contributed by atoms with Crippen LogP contribution < -0.4 is 10.5 Å². The van der Waals surface area contributed by atoms with Crippen LogP contribution in [0.3, 0.4) is 0 Å². The van der Waals surface area contributed by atoms with Gasteiger partial charge in [0.05, 0.1) is 22.5 Å². The molecule has 0 saturated heterocycles. The maximum atomic E-state index is 13.7. The highest BCUT2D eigenvalue weighted by atomic mass is 32.1. The van der Waals surface area contributed by atoms with Gasteiger partial charge in [-0.3, -0.25) is 14.7 Å². The first-order chi connectivity index (χ1) is 15.1. The van der Waals surface area contributed by atoms with Crippen LogP contribution in [0.5, 0.6) is 0 Å². The normalized spacial score (nSPS) is 11.1. The first-order valence-corrected chi connectivity index (χ1v) is 10.2.